The van der Waals surface area contributed by atoms with E-state index in [-0.39, 0.29) is 6.04 Å². The van der Waals surface area contributed by atoms with Gasteiger partial charge in [0.1, 0.15) is 11.8 Å². The average Bonchev–Trinajstić information content (AvgIpc) is 3.17. The molecule has 8 heteroatoms. The van der Waals surface area contributed by atoms with E-state index in [4.69, 9.17) is 27.6 Å². The van der Waals surface area contributed by atoms with E-state index in [0.717, 1.165) is 17.0 Å². The molecule has 1 atom stereocenters. The lowest BCUT2D eigenvalue weighted by atomic mass is 10.1. The molecule has 0 saturated carbocycles. The second-order valence-corrected chi connectivity index (χ2v) is 5.58. The first-order valence-electron chi connectivity index (χ1n) is 6.48. The fourth-order valence-electron chi connectivity index (χ4n) is 2.38. The number of hydrogen-bond acceptors (Lipinski definition) is 5. The molecule has 110 valence electrons. The van der Waals surface area contributed by atoms with E-state index in [0.29, 0.717) is 16.0 Å². The zero-order valence-corrected chi connectivity index (χ0v) is 12.6. The first-order chi connectivity index (χ1) is 10.7. The molecular weight excluding hydrogens is 325 g/mol. The van der Waals surface area contributed by atoms with Gasteiger partial charge in [-0.1, -0.05) is 28.3 Å². The predicted octanol–water partition coefficient (Wildman–Crippen LogP) is 3.63. The number of anilines is 1. The van der Waals surface area contributed by atoms with Crippen LogP contribution in [0, 0.1) is 0 Å². The molecule has 0 radical (unpaired) electrons. The van der Waals surface area contributed by atoms with Crippen LogP contribution in [0.4, 0.5) is 5.95 Å². The van der Waals surface area contributed by atoms with Crippen molar-refractivity contribution in [3.63, 3.8) is 0 Å². The fourth-order valence-corrected chi connectivity index (χ4v) is 2.89. The smallest absolute Gasteiger partial charge is 0.248 e. The number of aromatic nitrogens is 4. The third-order valence-electron chi connectivity index (χ3n) is 3.38. The normalized spacial score (nSPS) is 16.8. The predicted molar refractivity (Wildman–Crippen MR) is 82.7 cm³/mol. The van der Waals surface area contributed by atoms with Gasteiger partial charge in [0, 0.05) is 16.3 Å². The Kier molecular flexibility index (Phi) is 3.13. The molecule has 0 bridgehead atoms. The molecule has 0 fully saturated rings. The number of nitrogens with one attached hydrogen (secondary N) is 1. The van der Waals surface area contributed by atoms with Gasteiger partial charge >= 0.3 is 0 Å². The Morgan fingerprint density at radius 2 is 2.14 bits per heavy atom. The van der Waals surface area contributed by atoms with Crippen molar-refractivity contribution in [3.05, 3.63) is 64.0 Å². The number of rotatable bonds is 2. The van der Waals surface area contributed by atoms with E-state index in [1.54, 1.807) is 23.1 Å². The monoisotopic (exact) mass is 333 g/mol. The number of fused-ring (bicyclic) bond motifs is 1. The van der Waals surface area contributed by atoms with E-state index in [2.05, 4.69) is 20.8 Å². The molecule has 0 amide bonds. The molecule has 3 heterocycles. The minimum absolute atomic E-state index is 0.247. The highest BCUT2D eigenvalue weighted by Gasteiger charge is 2.26. The molecule has 1 aromatic carbocycles. The molecule has 1 unspecified atom stereocenters. The van der Waals surface area contributed by atoms with E-state index in [9.17, 15) is 0 Å². The van der Waals surface area contributed by atoms with Crippen LogP contribution in [0.5, 0.6) is 0 Å². The third-order valence-corrected chi connectivity index (χ3v) is 3.93. The molecule has 6 nitrogen and oxygen atoms in total. The highest BCUT2D eigenvalue weighted by Crippen LogP contribution is 2.34. The van der Waals surface area contributed by atoms with Crippen LogP contribution in [0.3, 0.4) is 0 Å². The van der Waals surface area contributed by atoms with Crippen LogP contribution >= 0.6 is 23.2 Å². The highest BCUT2D eigenvalue weighted by molar-refractivity contribution is 6.35. The van der Waals surface area contributed by atoms with Crippen molar-refractivity contribution in [2.24, 2.45) is 0 Å². The van der Waals surface area contributed by atoms with Crippen LogP contribution < -0.4 is 5.32 Å². The molecule has 1 N–H and O–H groups in total. The van der Waals surface area contributed by atoms with Gasteiger partial charge in [-0.2, -0.15) is 4.68 Å². The Morgan fingerprint density at radius 1 is 1.23 bits per heavy atom. The summed E-state index contributed by atoms with van der Waals surface area (Å²) in [6, 6.07) is 8.78. The molecule has 1 aliphatic rings. The Hall–Kier alpha value is -2.31. The lowest BCUT2D eigenvalue weighted by Gasteiger charge is -2.22. The van der Waals surface area contributed by atoms with Gasteiger partial charge in [0.2, 0.25) is 5.95 Å². The quantitative estimate of drug-likeness (QED) is 0.775. The topological polar surface area (TPSA) is 68.8 Å². The van der Waals surface area contributed by atoms with Gasteiger partial charge in [0.15, 0.2) is 0 Å². The SMILES string of the molecule is Clc1ccc(C2=CC(c3ccco3)n3nnnc3N2)c(Cl)c1. The Bertz CT molecular complexity index is 856. The first kappa shape index (κ1) is 13.4. The van der Waals surface area contributed by atoms with E-state index in [1.165, 1.54) is 0 Å². The molecule has 3 aromatic rings. The van der Waals surface area contributed by atoms with E-state index < -0.39 is 0 Å². The largest absolute Gasteiger partial charge is 0.467 e. The minimum Gasteiger partial charge on any atom is -0.467 e. The van der Waals surface area contributed by atoms with Crippen LogP contribution in [-0.2, 0) is 0 Å². The fraction of sp³-hybridized carbons (Fsp3) is 0.0714. The number of tetrazole rings is 1. The molecule has 22 heavy (non-hydrogen) atoms. The first-order valence-corrected chi connectivity index (χ1v) is 7.23. The van der Waals surface area contributed by atoms with Crippen LogP contribution in [0.25, 0.3) is 5.70 Å². The van der Waals surface area contributed by atoms with Gasteiger partial charge in [-0.3, -0.25) is 0 Å². The summed E-state index contributed by atoms with van der Waals surface area (Å²) in [5.74, 6) is 1.25. The summed E-state index contributed by atoms with van der Waals surface area (Å²) in [5.41, 5.74) is 1.61. The molecule has 4 rings (SSSR count). The van der Waals surface area contributed by atoms with Crippen molar-refractivity contribution >= 4 is 34.8 Å². The summed E-state index contributed by atoms with van der Waals surface area (Å²) < 4.78 is 7.13. The van der Waals surface area contributed by atoms with Crippen molar-refractivity contribution < 1.29 is 4.42 Å². The zero-order chi connectivity index (χ0) is 15.1. The molecule has 0 aliphatic carbocycles. The molecule has 0 saturated heterocycles. The average molecular weight is 334 g/mol. The number of hydrogen-bond donors (Lipinski definition) is 1. The maximum Gasteiger partial charge on any atom is 0.248 e. The van der Waals surface area contributed by atoms with Crippen LogP contribution in [0.15, 0.2) is 47.1 Å². The minimum atomic E-state index is -0.247. The highest BCUT2D eigenvalue weighted by atomic mass is 35.5. The Morgan fingerprint density at radius 3 is 2.91 bits per heavy atom. The van der Waals surface area contributed by atoms with Gasteiger partial charge in [-0.15, -0.1) is 0 Å². The maximum atomic E-state index is 6.29. The van der Waals surface area contributed by atoms with Crippen molar-refractivity contribution in [1.82, 2.24) is 20.2 Å². The van der Waals surface area contributed by atoms with Gasteiger partial charge < -0.3 is 9.73 Å². The summed E-state index contributed by atoms with van der Waals surface area (Å²) in [6.45, 7) is 0. The number of furan rings is 1. The van der Waals surface area contributed by atoms with Crippen molar-refractivity contribution in [3.8, 4) is 0 Å². The van der Waals surface area contributed by atoms with Crippen LogP contribution in [-0.4, -0.2) is 20.2 Å². The van der Waals surface area contributed by atoms with Crippen molar-refractivity contribution in [2.45, 2.75) is 6.04 Å². The lowest BCUT2D eigenvalue weighted by molar-refractivity contribution is 0.443. The summed E-state index contributed by atoms with van der Waals surface area (Å²) in [5, 5.41) is 16.0. The number of halogens is 2. The van der Waals surface area contributed by atoms with Gasteiger partial charge in [-0.05, 0) is 46.8 Å². The number of benzene rings is 1. The summed E-state index contributed by atoms with van der Waals surface area (Å²) in [6.07, 6.45) is 3.57. The van der Waals surface area contributed by atoms with Crippen LogP contribution in [0.1, 0.15) is 17.4 Å². The van der Waals surface area contributed by atoms with E-state index in [1.807, 2.05) is 24.3 Å². The summed E-state index contributed by atoms with van der Waals surface area (Å²) in [7, 11) is 0. The molecule has 2 aromatic heterocycles. The number of allylic oxidation sites excluding steroid dienone is 1. The van der Waals surface area contributed by atoms with Gasteiger partial charge in [-0.25, -0.2) is 0 Å². The van der Waals surface area contributed by atoms with Gasteiger partial charge in [0.25, 0.3) is 0 Å². The second-order valence-electron chi connectivity index (χ2n) is 4.74. The summed E-state index contributed by atoms with van der Waals surface area (Å²) in [4.78, 5) is 0. The second kappa shape index (κ2) is 5.15. The Balaban J connectivity index is 1.83. The maximum absolute atomic E-state index is 6.29. The standard InChI is InChI=1S/C14H9Cl2N5O/c15-8-3-4-9(10(16)6-8)11-7-12(13-2-1-5-22-13)21-14(17-11)18-19-20-21/h1-7,12H,(H,17,18,20). The van der Waals surface area contributed by atoms with E-state index >= 15 is 0 Å². The Labute approximate surface area is 135 Å². The zero-order valence-electron chi connectivity index (χ0n) is 11.1. The molecule has 1 aliphatic heterocycles. The number of nitrogens with zero attached hydrogens (tertiary/aromatic N) is 4. The van der Waals surface area contributed by atoms with Crippen LogP contribution in [0.2, 0.25) is 10.0 Å². The molecule has 0 spiro atoms. The third kappa shape index (κ3) is 2.17. The van der Waals surface area contributed by atoms with Gasteiger partial charge in [0.05, 0.1) is 11.3 Å². The summed E-state index contributed by atoms with van der Waals surface area (Å²) >= 11 is 12.2. The lowest BCUT2D eigenvalue weighted by Crippen LogP contribution is -2.20. The van der Waals surface area contributed by atoms with Crippen molar-refractivity contribution in [2.75, 3.05) is 5.32 Å². The van der Waals surface area contributed by atoms with Crippen molar-refractivity contribution in [1.29, 1.82) is 0 Å². The molecular formula is C14H9Cl2N5O.